The van der Waals surface area contributed by atoms with Gasteiger partial charge < -0.3 is 14.5 Å². The number of hydrogen-bond acceptors (Lipinski definition) is 6. The first kappa shape index (κ1) is 17.0. The van der Waals surface area contributed by atoms with Crippen molar-refractivity contribution in [1.29, 1.82) is 0 Å². The number of esters is 1. The second-order valence-corrected chi connectivity index (χ2v) is 5.34. The third-order valence-electron chi connectivity index (χ3n) is 2.55. The zero-order chi connectivity index (χ0) is 17.0. The highest BCUT2D eigenvalue weighted by Crippen LogP contribution is 2.26. The molecule has 0 spiro atoms. The number of nitrogens with zero attached hydrogens (tertiary/aromatic N) is 1. The van der Waals surface area contributed by atoms with E-state index >= 15 is 0 Å². The number of amides is 1. The molecule has 0 aliphatic heterocycles. The minimum Gasteiger partial charge on any atom is -0.450 e. The van der Waals surface area contributed by atoms with Crippen LogP contribution in [0.25, 0.3) is 0 Å². The molecule has 2 rings (SSSR count). The lowest BCUT2D eigenvalue weighted by Gasteiger charge is -2.07. The Labute approximate surface area is 142 Å². The van der Waals surface area contributed by atoms with Gasteiger partial charge in [-0.25, -0.2) is 4.79 Å². The predicted octanol–water partition coefficient (Wildman–Crippen LogP) is 3.40. The fourth-order valence-corrected chi connectivity index (χ4v) is 2.06. The number of non-ortho nitro benzene ring substituents is 1. The Kier molecular flexibility index (Phi) is 5.35. The summed E-state index contributed by atoms with van der Waals surface area (Å²) in [5.41, 5.74) is -0.0399. The number of rotatable bonds is 5. The number of carbonyl (C=O) groups is 2. The minimum absolute atomic E-state index is 0.00570. The third kappa shape index (κ3) is 4.54. The smallest absolute Gasteiger partial charge is 0.374 e. The molecule has 1 amide bonds. The molecule has 0 aliphatic rings. The van der Waals surface area contributed by atoms with E-state index in [0.29, 0.717) is 4.67 Å². The molecule has 0 radical (unpaired) electrons. The number of anilines is 1. The highest BCUT2D eigenvalue weighted by molar-refractivity contribution is 9.10. The quantitative estimate of drug-likeness (QED) is 0.465. The van der Waals surface area contributed by atoms with E-state index in [4.69, 9.17) is 20.8 Å². The molecule has 0 aliphatic carbocycles. The maximum absolute atomic E-state index is 11.7. The van der Waals surface area contributed by atoms with Gasteiger partial charge >= 0.3 is 5.97 Å². The van der Waals surface area contributed by atoms with Gasteiger partial charge in [0.2, 0.25) is 5.76 Å². The predicted molar refractivity (Wildman–Crippen MR) is 83.4 cm³/mol. The summed E-state index contributed by atoms with van der Waals surface area (Å²) in [6.45, 7) is -0.565. The van der Waals surface area contributed by atoms with Crippen molar-refractivity contribution in [3.05, 3.63) is 55.9 Å². The Bertz CT molecular complexity index is 776. The maximum Gasteiger partial charge on any atom is 0.374 e. The van der Waals surface area contributed by atoms with Gasteiger partial charge in [-0.05, 0) is 34.1 Å². The summed E-state index contributed by atoms with van der Waals surface area (Å²) in [6, 6.07) is 6.46. The molecule has 1 heterocycles. The Balaban J connectivity index is 1.92. The molecule has 23 heavy (non-hydrogen) atoms. The first-order valence-corrected chi connectivity index (χ1v) is 7.20. The average Bonchev–Trinajstić information content (AvgIpc) is 2.93. The van der Waals surface area contributed by atoms with Crippen molar-refractivity contribution in [2.24, 2.45) is 0 Å². The van der Waals surface area contributed by atoms with Crippen molar-refractivity contribution < 1.29 is 23.7 Å². The SMILES string of the molecule is O=C(COC(=O)c1ccc(Br)o1)Nc1ccc([N+](=O)[O-])cc1Cl. The average molecular weight is 404 g/mol. The van der Waals surface area contributed by atoms with Crippen LogP contribution >= 0.6 is 27.5 Å². The number of nitrogens with one attached hydrogen (secondary N) is 1. The molecule has 0 saturated heterocycles. The van der Waals surface area contributed by atoms with E-state index in [1.54, 1.807) is 0 Å². The van der Waals surface area contributed by atoms with Crippen molar-refractivity contribution in [3.63, 3.8) is 0 Å². The minimum atomic E-state index is -0.805. The first-order chi connectivity index (χ1) is 10.9. The second kappa shape index (κ2) is 7.25. The standard InChI is InChI=1S/C13H8BrClN2O6/c14-11-4-3-10(23-11)13(19)22-6-12(18)16-9-2-1-7(17(20)21)5-8(9)15/h1-5H,6H2,(H,16,18). The number of benzene rings is 1. The number of furan rings is 1. The number of ether oxygens (including phenoxy) is 1. The number of nitro groups is 1. The summed E-state index contributed by atoms with van der Waals surface area (Å²) in [5.74, 6) is -1.52. The largest absolute Gasteiger partial charge is 0.450 e. The van der Waals surface area contributed by atoms with E-state index in [1.165, 1.54) is 24.3 Å². The molecular weight excluding hydrogens is 396 g/mol. The molecule has 10 heteroatoms. The van der Waals surface area contributed by atoms with Gasteiger partial charge in [0.15, 0.2) is 11.3 Å². The fraction of sp³-hybridized carbons (Fsp3) is 0.0769. The monoisotopic (exact) mass is 402 g/mol. The van der Waals surface area contributed by atoms with E-state index in [2.05, 4.69) is 21.2 Å². The van der Waals surface area contributed by atoms with Gasteiger partial charge in [0.25, 0.3) is 11.6 Å². The van der Waals surface area contributed by atoms with Crippen LogP contribution in [-0.2, 0) is 9.53 Å². The summed E-state index contributed by atoms with van der Waals surface area (Å²) in [4.78, 5) is 33.3. The Morgan fingerprint density at radius 2 is 2.09 bits per heavy atom. The molecule has 1 aromatic carbocycles. The van der Waals surface area contributed by atoms with Crippen molar-refractivity contribution in [2.75, 3.05) is 11.9 Å². The summed E-state index contributed by atoms with van der Waals surface area (Å²) in [6.07, 6.45) is 0. The molecule has 120 valence electrons. The lowest BCUT2D eigenvalue weighted by atomic mass is 10.3. The lowest BCUT2D eigenvalue weighted by Crippen LogP contribution is -2.20. The van der Waals surface area contributed by atoms with Crippen LogP contribution in [0.1, 0.15) is 10.6 Å². The van der Waals surface area contributed by atoms with Crippen LogP contribution < -0.4 is 5.32 Å². The number of nitro benzene ring substituents is 1. The normalized spacial score (nSPS) is 10.2. The molecular formula is C13H8BrClN2O6. The van der Waals surface area contributed by atoms with E-state index < -0.39 is 23.4 Å². The third-order valence-corrected chi connectivity index (χ3v) is 3.29. The number of hydrogen-bond donors (Lipinski definition) is 1. The van der Waals surface area contributed by atoms with Crippen molar-refractivity contribution in [3.8, 4) is 0 Å². The lowest BCUT2D eigenvalue weighted by molar-refractivity contribution is -0.384. The summed E-state index contributed by atoms with van der Waals surface area (Å²) < 4.78 is 10.1. The molecule has 0 atom stereocenters. The van der Waals surface area contributed by atoms with Crippen molar-refractivity contribution in [2.45, 2.75) is 0 Å². The van der Waals surface area contributed by atoms with Gasteiger partial charge in [0, 0.05) is 12.1 Å². The second-order valence-electron chi connectivity index (χ2n) is 4.15. The molecule has 0 fully saturated rings. The van der Waals surface area contributed by atoms with Crippen LogP contribution in [0.15, 0.2) is 39.4 Å². The van der Waals surface area contributed by atoms with E-state index in [0.717, 1.165) is 6.07 Å². The highest BCUT2D eigenvalue weighted by atomic mass is 79.9. The molecule has 0 unspecified atom stereocenters. The van der Waals surface area contributed by atoms with Crippen LogP contribution in [0.2, 0.25) is 5.02 Å². The molecule has 1 aromatic heterocycles. The summed E-state index contributed by atoms with van der Waals surface area (Å²) >= 11 is 8.86. The Morgan fingerprint density at radius 1 is 1.35 bits per heavy atom. The summed E-state index contributed by atoms with van der Waals surface area (Å²) in [7, 11) is 0. The zero-order valence-electron chi connectivity index (χ0n) is 11.2. The summed E-state index contributed by atoms with van der Waals surface area (Å²) in [5, 5.41) is 13.0. The maximum atomic E-state index is 11.7. The molecule has 1 N–H and O–H groups in total. The van der Waals surface area contributed by atoms with Crippen LogP contribution in [-0.4, -0.2) is 23.4 Å². The van der Waals surface area contributed by atoms with Gasteiger partial charge in [-0.3, -0.25) is 14.9 Å². The van der Waals surface area contributed by atoms with E-state index in [-0.39, 0.29) is 22.2 Å². The van der Waals surface area contributed by atoms with Crippen LogP contribution in [0, 0.1) is 10.1 Å². The van der Waals surface area contributed by atoms with Gasteiger partial charge in [0.1, 0.15) is 0 Å². The van der Waals surface area contributed by atoms with Gasteiger partial charge in [-0.1, -0.05) is 11.6 Å². The van der Waals surface area contributed by atoms with E-state index in [9.17, 15) is 19.7 Å². The van der Waals surface area contributed by atoms with E-state index in [1.807, 2.05) is 0 Å². The Hall–Kier alpha value is -2.39. The topological polar surface area (TPSA) is 112 Å². The first-order valence-electron chi connectivity index (χ1n) is 6.03. The van der Waals surface area contributed by atoms with Crippen molar-refractivity contribution >= 4 is 50.8 Å². The van der Waals surface area contributed by atoms with Crippen LogP contribution in [0.5, 0.6) is 0 Å². The highest BCUT2D eigenvalue weighted by Gasteiger charge is 2.15. The Morgan fingerprint density at radius 3 is 2.65 bits per heavy atom. The molecule has 2 aromatic rings. The molecule has 0 bridgehead atoms. The van der Waals surface area contributed by atoms with Crippen LogP contribution in [0.4, 0.5) is 11.4 Å². The van der Waals surface area contributed by atoms with Gasteiger partial charge in [-0.15, -0.1) is 0 Å². The zero-order valence-corrected chi connectivity index (χ0v) is 13.6. The molecule has 0 saturated carbocycles. The van der Waals surface area contributed by atoms with Crippen molar-refractivity contribution in [1.82, 2.24) is 0 Å². The number of carbonyl (C=O) groups excluding carboxylic acids is 2. The fourth-order valence-electron chi connectivity index (χ4n) is 1.53. The van der Waals surface area contributed by atoms with Gasteiger partial charge in [0.05, 0.1) is 15.6 Å². The van der Waals surface area contributed by atoms with Gasteiger partial charge in [-0.2, -0.15) is 0 Å². The van der Waals surface area contributed by atoms with Crippen LogP contribution in [0.3, 0.4) is 0 Å². The molecule has 8 nitrogen and oxygen atoms in total. The number of halogens is 2.